The highest BCUT2D eigenvalue weighted by atomic mass is 15.3. The highest BCUT2D eigenvalue weighted by Crippen LogP contribution is 2.14. The van der Waals surface area contributed by atoms with Gasteiger partial charge in [0, 0.05) is 31.6 Å². The van der Waals surface area contributed by atoms with Gasteiger partial charge >= 0.3 is 0 Å². The lowest BCUT2D eigenvalue weighted by atomic mass is 10.2. The van der Waals surface area contributed by atoms with Gasteiger partial charge in [-0.15, -0.1) is 0 Å². The van der Waals surface area contributed by atoms with Crippen molar-refractivity contribution < 1.29 is 0 Å². The predicted octanol–water partition coefficient (Wildman–Crippen LogP) is 2.71. The van der Waals surface area contributed by atoms with Crippen LogP contribution in [0.2, 0.25) is 0 Å². The van der Waals surface area contributed by atoms with Crippen LogP contribution in [0.3, 0.4) is 0 Å². The van der Waals surface area contributed by atoms with Gasteiger partial charge in [0.15, 0.2) is 5.96 Å². The first-order valence-corrected chi connectivity index (χ1v) is 8.50. The summed E-state index contributed by atoms with van der Waals surface area (Å²) in [6, 6.07) is 12.3. The number of aromatic nitrogens is 1. The van der Waals surface area contributed by atoms with E-state index in [1.165, 1.54) is 18.2 Å². The first-order chi connectivity index (χ1) is 11.4. The van der Waals surface area contributed by atoms with E-state index in [1.807, 2.05) is 24.3 Å². The summed E-state index contributed by atoms with van der Waals surface area (Å²) in [6.07, 6.45) is 2.54. The fraction of sp³-hybridized carbons (Fsp3) is 0.444. The number of rotatable bonds is 5. The molecule has 2 aromatic rings. The van der Waals surface area contributed by atoms with Gasteiger partial charge in [0.05, 0.1) is 12.1 Å². The minimum Gasteiger partial charge on any atom is -0.368 e. The highest BCUT2D eigenvalue weighted by molar-refractivity contribution is 5.80. The molecular formula is C18H25N5. The first kappa shape index (κ1) is 15.6. The standard InChI is InChI=1S/C18H25N5/c1-2-19-18(23-13-5-6-14-23)21-12-11-20-17-10-9-15-7-3-4-8-16(15)22-17/h3-4,7-10H,2,5-6,11-14H2,1H3,(H,19,21)(H,20,22). The molecule has 2 heterocycles. The lowest BCUT2D eigenvalue weighted by Crippen LogP contribution is -2.39. The second kappa shape index (κ2) is 7.81. The fourth-order valence-electron chi connectivity index (χ4n) is 2.87. The number of benzene rings is 1. The Morgan fingerprint density at radius 3 is 2.83 bits per heavy atom. The monoisotopic (exact) mass is 311 g/mol. The quantitative estimate of drug-likeness (QED) is 0.506. The molecule has 0 spiro atoms. The molecule has 1 aliphatic heterocycles. The van der Waals surface area contributed by atoms with E-state index in [9.17, 15) is 0 Å². The van der Waals surface area contributed by atoms with Crippen LogP contribution < -0.4 is 10.6 Å². The number of nitrogens with one attached hydrogen (secondary N) is 2. The van der Waals surface area contributed by atoms with Crippen LogP contribution in [0.15, 0.2) is 41.4 Å². The second-order valence-corrected chi connectivity index (χ2v) is 5.75. The summed E-state index contributed by atoms with van der Waals surface area (Å²) in [6.45, 7) is 6.79. The molecule has 1 aromatic carbocycles. The molecule has 0 amide bonds. The van der Waals surface area contributed by atoms with Crippen molar-refractivity contribution in [3.63, 3.8) is 0 Å². The number of pyridine rings is 1. The van der Waals surface area contributed by atoms with Crippen molar-refractivity contribution in [1.82, 2.24) is 15.2 Å². The number of guanidine groups is 1. The number of para-hydroxylation sites is 1. The Labute approximate surface area is 137 Å². The minimum absolute atomic E-state index is 0.743. The Morgan fingerprint density at radius 1 is 1.17 bits per heavy atom. The molecule has 0 atom stereocenters. The van der Waals surface area contributed by atoms with Crippen LogP contribution in [0.4, 0.5) is 5.82 Å². The molecule has 122 valence electrons. The SMILES string of the molecule is CCNC(=NCCNc1ccc2ccccc2n1)N1CCCC1. The van der Waals surface area contributed by atoms with Crippen LogP contribution in [0.25, 0.3) is 10.9 Å². The Morgan fingerprint density at radius 2 is 2.00 bits per heavy atom. The van der Waals surface area contributed by atoms with Crippen LogP contribution >= 0.6 is 0 Å². The molecule has 5 nitrogen and oxygen atoms in total. The van der Waals surface area contributed by atoms with Crippen molar-refractivity contribution in [2.75, 3.05) is 38.0 Å². The molecule has 0 saturated carbocycles. The summed E-state index contributed by atoms with van der Waals surface area (Å²) in [7, 11) is 0. The number of nitrogens with zero attached hydrogens (tertiary/aromatic N) is 3. The number of likely N-dealkylation sites (tertiary alicyclic amines) is 1. The van der Waals surface area contributed by atoms with E-state index < -0.39 is 0 Å². The molecule has 1 saturated heterocycles. The van der Waals surface area contributed by atoms with Gasteiger partial charge in [0.25, 0.3) is 0 Å². The van der Waals surface area contributed by atoms with Gasteiger partial charge in [0.2, 0.25) is 0 Å². The maximum absolute atomic E-state index is 4.71. The smallest absolute Gasteiger partial charge is 0.193 e. The molecule has 1 fully saturated rings. The largest absolute Gasteiger partial charge is 0.368 e. The molecule has 23 heavy (non-hydrogen) atoms. The van der Waals surface area contributed by atoms with Crippen molar-refractivity contribution in [2.24, 2.45) is 4.99 Å². The number of anilines is 1. The summed E-state index contributed by atoms with van der Waals surface area (Å²) in [5, 5.41) is 7.91. The summed E-state index contributed by atoms with van der Waals surface area (Å²) >= 11 is 0. The third-order valence-electron chi connectivity index (χ3n) is 4.02. The van der Waals surface area contributed by atoms with Gasteiger partial charge in [0.1, 0.15) is 5.82 Å². The van der Waals surface area contributed by atoms with Gasteiger partial charge in [-0.25, -0.2) is 4.98 Å². The second-order valence-electron chi connectivity index (χ2n) is 5.75. The Hall–Kier alpha value is -2.30. The molecule has 2 N–H and O–H groups in total. The topological polar surface area (TPSA) is 52.6 Å². The molecule has 0 unspecified atom stereocenters. The zero-order valence-electron chi connectivity index (χ0n) is 13.8. The van der Waals surface area contributed by atoms with Crippen LogP contribution in [-0.2, 0) is 0 Å². The van der Waals surface area contributed by atoms with E-state index in [1.54, 1.807) is 0 Å². The van der Waals surface area contributed by atoms with E-state index in [2.05, 4.69) is 39.6 Å². The molecular weight excluding hydrogens is 286 g/mol. The van der Waals surface area contributed by atoms with Crippen molar-refractivity contribution >= 4 is 22.7 Å². The van der Waals surface area contributed by atoms with Gasteiger partial charge < -0.3 is 15.5 Å². The number of aliphatic imine (C=N–C) groups is 1. The van der Waals surface area contributed by atoms with Gasteiger partial charge in [-0.1, -0.05) is 18.2 Å². The van der Waals surface area contributed by atoms with Crippen LogP contribution in [0.5, 0.6) is 0 Å². The normalized spacial score (nSPS) is 15.2. The molecule has 0 radical (unpaired) electrons. The summed E-state index contributed by atoms with van der Waals surface area (Å²) < 4.78 is 0. The first-order valence-electron chi connectivity index (χ1n) is 8.50. The molecule has 0 bridgehead atoms. The van der Waals surface area contributed by atoms with Crippen molar-refractivity contribution in [3.8, 4) is 0 Å². The lowest BCUT2D eigenvalue weighted by Gasteiger charge is -2.20. The van der Waals surface area contributed by atoms with E-state index in [4.69, 9.17) is 4.99 Å². The number of hydrogen-bond donors (Lipinski definition) is 2. The van der Waals surface area contributed by atoms with Crippen LogP contribution in [0, 0.1) is 0 Å². The average Bonchev–Trinajstić information content (AvgIpc) is 3.12. The zero-order valence-corrected chi connectivity index (χ0v) is 13.8. The predicted molar refractivity (Wildman–Crippen MR) is 97.0 cm³/mol. The fourth-order valence-corrected chi connectivity index (χ4v) is 2.87. The van der Waals surface area contributed by atoms with Crippen molar-refractivity contribution in [1.29, 1.82) is 0 Å². The van der Waals surface area contributed by atoms with Gasteiger partial charge in [-0.3, -0.25) is 4.99 Å². The third kappa shape index (κ3) is 4.12. The zero-order chi connectivity index (χ0) is 15.9. The average molecular weight is 311 g/mol. The van der Waals surface area contributed by atoms with Crippen molar-refractivity contribution in [2.45, 2.75) is 19.8 Å². The van der Waals surface area contributed by atoms with Gasteiger partial charge in [-0.05, 0) is 38.0 Å². The molecule has 3 rings (SSSR count). The van der Waals surface area contributed by atoms with Crippen molar-refractivity contribution in [3.05, 3.63) is 36.4 Å². The lowest BCUT2D eigenvalue weighted by molar-refractivity contribution is 0.494. The highest BCUT2D eigenvalue weighted by Gasteiger charge is 2.14. The Balaban J connectivity index is 1.55. The molecule has 5 heteroatoms. The molecule has 0 aliphatic carbocycles. The Kier molecular flexibility index (Phi) is 5.29. The summed E-state index contributed by atoms with van der Waals surface area (Å²) in [5.41, 5.74) is 1.02. The van der Waals surface area contributed by atoms with E-state index in [0.29, 0.717) is 0 Å². The van der Waals surface area contributed by atoms with Crippen LogP contribution in [0.1, 0.15) is 19.8 Å². The number of fused-ring (bicyclic) bond motifs is 1. The molecule has 1 aromatic heterocycles. The van der Waals surface area contributed by atoms with Gasteiger partial charge in [-0.2, -0.15) is 0 Å². The Bertz CT molecular complexity index is 661. The van der Waals surface area contributed by atoms with E-state index in [0.717, 1.165) is 50.0 Å². The third-order valence-corrected chi connectivity index (χ3v) is 4.02. The van der Waals surface area contributed by atoms with E-state index in [-0.39, 0.29) is 0 Å². The summed E-state index contributed by atoms with van der Waals surface area (Å²) in [4.78, 5) is 11.7. The minimum atomic E-state index is 0.743. The van der Waals surface area contributed by atoms with Crippen LogP contribution in [-0.4, -0.2) is 48.6 Å². The van der Waals surface area contributed by atoms with E-state index >= 15 is 0 Å². The summed E-state index contributed by atoms with van der Waals surface area (Å²) in [5.74, 6) is 1.95. The number of hydrogen-bond acceptors (Lipinski definition) is 3. The maximum Gasteiger partial charge on any atom is 0.193 e. The maximum atomic E-state index is 4.71. The molecule has 1 aliphatic rings.